The zero-order valence-corrected chi connectivity index (χ0v) is 10.5. The van der Waals surface area contributed by atoms with Gasteiger partial charge in [0, 0.05) is 4.75 Å². The number of thioether (sulfide) groups is 1. The van der Waals surface area contributed by atoms with Crippen LogP contribution in [-0.2, 0) is 0 Å². The number of amidine groups is 1. The predicted molar refractivity (Wildman–Crippen MR) is 66.8 cm³/mol. The maximum Gasteiger partial charge on any atom is 0.151 e. The fourth-order valence-corrected chi connectivity index (χ4v) is 2.65. The van der Waals surface area contributed by atoms with Crippen molar-refractivity contribution in [3.8, 4) is 0 Å². The summed E-state index contributed by atoms with van der Waals surface area (Å²) in [6.07, 6.45) is 3.97. The molecule has 3 heteroatoms. The standard InChI is InChI=1S/C11H22N2S/c1-6-10(3,4)8-11(5,7-2)14-9(12)13/h6H,1,7-8H2,2-5H3,(H3,12,13). The molecule has 0 aromatic heterocycles. The molecule has 0 fully saturated rings. The summed E-state index contributed by atoms with van der Waals surface area (Å²) in [6.45, 7) is 12.4. The van der Waals surface area contributed by atoms with E-state index in [1.807, 2.05) is 6.08 Å². The smallest absolute Gasteiger partial charge is 0.151 e. The molecule has 0 rings (SSSR count). The van der Waals surface area contributed by atoms with Crippen LogP contribution in [0.3, 0.4) is 0 Å². The highest BCUT2D eigenvalue weighted by atomic mass is 32.2. The minimum atomic E-state index is 0.0452. The number of hydrogen-bond acceptors (Lipinski definition) is 2. The number of rotatable bonds is 5. The van der Waals surface area contributed by atoms with Crippen molar-refractivity contribution in [2.24, 2.45) is 11.1 Å². The van der Waals surface area contributed by atoms with E-state index < -0.39 is 0 Å². The lowest BCUT2D eigenvalue weighted by molar-refractivity contribution is 0.371. The summed E-state index contributed by atoms with van der Waals surface area (Å²) < 4.78 is 0.0452. The third kappa shape index (κ3) is 4.70. The van der Waals surface area contributed by atoms with Crippen LogP contribution < -0.4 is 5.73 Å². The Kier molecular flexibility index (Phi) is 4.72. The van der Waals surface area contributed by atoms with Crippen LogP contribution in [0, 0.1) is 10.8 Å². The van der Waals surface area contributed by atoms with Gasteiger partial charge < -0.3 is 5.73 Å². The molecule has 0 radical (unpaired) electrons. The van der Waals surface area contributed by atoms with Gasteiger partial charge in [0.25, 0.3) is 0 Å². The average Bonchev–Trinajstić information content (AvgIpc) is 2.02. The SMILES string of the molecule is C=CC(C)(C)CC(C)(CC)SC(=N)N. The van der Waals surface area contributed by atoms with Crippen LogP contribution in [0.15, 0.2) is 12.7 Å². The largest absolute Gasteiger partial charge is 0.379 e. The number of nitrogens with two attached hydrogens (primary N) is 1. The first-order valence-electron chi connectivity index (χ1n) is 4.91. The maximum absolute atomic E-state index is 7.33. The van der Waals surface area contributed by atoms with Crippen LogP contribution in [0.2, 0.25) is 0 Å². The number of hydrogen-bond donors (Lipinski definition) is 2. The van der Waals surface area contributed by atoms with E-state index in [4.69, 9.17) is 11.1 Å². The molecule has 82 valence electrons. The van der Waals surface area contributed by atoms with E-state index in [2.05, 4.69) is 34.3 Å². The Hall–Kier alpha value is -0.440. The summed E-state index contributed by atoms with van der Waals surface area (Å²) >= 11 is 1.46. The Morgan fingerprint density at radius 1 is 1.50 bits per heavy atom. The minimum absolute atomic E-state index is 0.0452. The van der Waals surface area contributed by atoms with Gasteiger partial charge in [-0.05, 0) is 25.2 Å². The molecule has 0 spiro atoms. The second kappa shape index (κ2) is 4.87. The molecule has 0 aliphatic rings. The van der Waals surface area contributed by atoms with Gasteiger partial charge in [0.05, 0.1) is 0 Å². The lowest BCUT2D eigenvalue weighted by Gasteiger charge is -2.34. The van der Waals surface area contributed by atoms with Crippen LogP contribution in [-0.4, -0.2) is 9.91 Å². The van der Waals surface area contributed by atoms with Gasteiger partial charge in [-0.25, -0.2) is 0 Å². The van der Waals surface area contributed by atoms with Gasteiger partial charge in [-0.1, -0.05) is 38.6 Å². The summed E-state index contributed by atoms with van der Waals surface area (Å²) in [6, 6.07) is 0. The first-order valence-corrected chi connectivity index (χ1v) is 5.73. The molecular formula is C11H22N2S. The third-order valence-electron chi connectivity index (χ3n) is 2.49. The Morgan fingerprint density at radius 2 is 2.00 bits per heavy atom. The van der Waals surface area contributed by atoms with Crippen LogP contribution in [0.5, 0.6) is 0 Å². The quantitative estimate of drug-likeness (QED) is 0.419. The first kappa shape index (κ1) is 13.6. The summed E-state index contributed by atoms with van der Waals surface area (Å²) in [5, 5.41) is 7.54. The van der Waals surface area contributed by atoms with Crippen molar-refractivity contribution in [1.29, 1.82) is 5.41 Å². The van der Waals surface area contributed by atoms with Crippen molar-refractivity contribution in [1.82, 2.24) is 0 Å². The van der Waals surface area contributed by atoms with Gasteiger partial charge in [-0.15, -0.1) is 6.58 Å². The van der Waals surface area contributed by atoms with Crippen molar-refractivity contribution in [2.75, 3.05) is 0 Å². The number of nitrogens with one attached hydrogen (secondary N) is 1. The summed E-state index contributed by atoms with van der Waals surface area (Å²) in [5.41, 5.74) is 5.54. The van der Waals surface area contributed by atoms with Crippen LogP contribution in [0.25, 0.3) is 0 Å². The first-order chi connectivity index (χ1) is 6.24. The number of allylic oxidation sites excluding steroid dienone is 1. The van der Waals surface area contributed by atoms with Crippen molar-refractivity contribution >= 4 is 16.9 Å². The summed E-state index contributed by atoms with van der Waals surface area (Å²) in [5.74, 6) is 0. The van der Waals surface area contributed by atoms with Gasteiger partial charge in [-0.3, -0.25) is 5.41 Å². The van der Waals surface area contributed by atoms with E-state index in [1.165, 1.54) is 11.8 Å². The monoisotopic (exact) mass is 214 g/mol. The van der Waals surface area contributed by atoms with Crippen LogP contribution >= 0.6 is 11.8 Å². The van der Waals surface area contributed by atoms with Gasteiger partial charge in [-0.2, -0.15) is 0 Å². The molecule has 0 aromatic carbocycles. The van der Waals surface area contributed by atoms with E-state index in [-0.39, 0.29) is 15.3 Å². The molecule has 0 bridgehead atoms. The fraction of sp³-hybridized carbons (Fsp3) is 0.727. The molecule has 1 atom stereocenters. The minimum Gasteiger partial charge on any atom is -0.379 e. The highest BCUT2D eigenvalue weighted by Crippen LogP contribution is 2.39. The van der Waals surface area contributed by atoms with E-state index in [9.17, 15) is 0 Å². The normalized spacial score (nSPS) is 16.0. The zero-order chi connectivity index (χ0) is 11.4. The van der Waals surface area contributed by atoms with Crippen molar-refractivity contribution in [3.05, 3.63) is 12.7 Å². The highest BCUT2D eigenvalue weighted by Gasteiger charge is 2.30. The Labute approximate surface area is 91.8 Å². The summed E-state index contributed by atoms with van der Waals surface area (Å²) in [4.78, 5) is 0. The maximum atomic E-state index is 7.33. The van der Waals surface area contributed by atoms with E-state index in [0.717, 1.165) is 12.8 Å². The van der Waals surface area contributed by atoms with Crippen molar-refractivity contribution in [2.45, 2.75) is 45.3 Å². The molecule has 3 N–H and O–H groups in total. The average molecular weight is 214 g/mol. The van der Waals surface area contributed by atoms with Crippen molar-refractivity contribution < 1.29 is 0 Å². The molecule has 1 unspecified atom stereocenters. The third-order valence-corrected chi connectivity index (χ3v) is 3.63. The Balaban J connectivity index is 4.54. The topological polar surface area (TPSA) is 49.9 Å². The molecule has 14 heavy (non-hydrogen) atoms. The fourth-order valence-electron chi connectivity index (χ4n) is 1.53. The molecule has 0 saturated heterocycles. The molecule has 0 heterocycles. The molecule has 0 saturated carbocycles. The molecule has 0 amide bonds. The van der Waals surface area contributed by atoms with Crippen LogP contribution in [0.4, 0.5) is 0 Å². The lowest BCUT2D eigenvalue weighted by atomic mass is 9.82. The Bertz CT molecular complexity index is 223. The van der Waals surface area contributed by atoms with Gasteiger partial charge >= 0.3 is 0 Å². The van der Waals surface area contributed by atoms with E-state index in [1.54, 1.807) is 0 Å². The predicted octanol–water partition coefficient (Wildman–Crippen LogP) is 3.38. The summed E-state index contributed by atoms with van der Waals surface area (Å²) in [7, 11) is 0. The van der Waals surface area contributed by atoms with E-state index in [0.29, 0.717) is 0 Å². The second-order valence-electron chi connectivity index (χ2n) is 4.64. The van der Waals surface area contributed by atoms with Crippen molar-refractivity contribution in [3.63, 3.8) is 0 Å². The highest BCUT2D eigenvalue weighted by molar-refractivity contribution is 8.14. The zero-order valence-electron chi connectivity index (χ0n) is 9.68. The molecule has 0 aromatic rings. The Morgan fingerprint density at radius 3 is 2.29 bits per heavy atom. The second-order valence-corrected chi connectivity index (χ2v) is 6.27. The van der Waals surface area contributed by atoms with Gasteiger partial charge in [0.2, 0.25) is 0 Å². The molecular weight excluding hydrogens is 192 g/mol. The van der Waals surface area contributed by atoms with Crippen LogP contribution in [0.1, 0.15) is 40.5 Å². The van der Waals surface area contributed by atoms with E-state index >= 15 is 0 Å². The molecule has 2 nitrogen and oxygen atoms in total. The van der Waals surface area contributed by atoms with Gasteiger partial charge in [0.15, 0.2) is 5.17 Å². The molecule has 0 aliphatic heterocycles. The lowest BCUT2D eigenvalue weighted by Crippen LogP contribution is -2.29. The molecule has 0 aliphatic carbocycles. The van der Waals surface area contributed by atoms with Gasteiger partial charge in [0.1, 0.15) is 0 Å².